The van der Waals surface area contributed by atoms with Crippen molar-refractivity contribution in [2.45, 2.75) is 44.6 Å². The number of nitrogens with zero attached hydrogens (tertiary/aromatic N) is 2. The molecule has 136 valence electrons. The van der Waals surface area contributed by atoms with Crippen molar-refractivity contribution in [3.63, 3.8) is 0 Å². The largest absolute Gasteiger partial charge is 0.356 e. The number of sulfone groups is 1. The highest BCUT2D eigenvalue weighted by atomic mass is 127. The normalized spacial score (nSPS) is 25.4. The molecule has 0 aromatic carbocycles. The molecule has 0 radical (unpaired) electrons. The molecule has 2 aliphatic rings. The molecule has 23 heavy (non-hydrogen) atoms. The summed E-state index contributed by atoms with van der Waals surface area (Å²) >= 11 is 0. The molecule has 2 N–H and O–H groups in total. The third kappa shape index (κ3) is 8.02. The van der Waals surface area contributed by atoms with Crippen molar-refractivity contribution in [1.29, 1.82) is 0 Å². The van der Waals surface area contributed by atoms with Gasteiger partial charge < -0.3 is 15.5 Å². The average molecular weight is 458 g/mol. The standard InChI is InChI=1S/C15H30N4O2S.HI/c1-16-15(18-14-7-12-22(20,21)13-14)17-8-6-11-19-9-4-2-3-5-10-19;/h14H,2-13H2,1H3,(H2,16,17,18);1H. The molecule has 0 spiro atoms. The Hall–Kier alpha value is -0.0900. The van der Waals surface area contributed by atoms with Crippen LogP contribution in [0.15, 0.2) is 4.99 Å². The van der Waals surface area contributed by atoms with E-state index in [0.717, 1.165) is 25.5 Å². The van der Waals surface area contributed by atoms with Gasteiger partial charge in [-0.3, -0.25) is 4.99 Å². The molecule has 2 aliphatic heterocycles. The predicted molar refractivity (Wildman–Crippen MR) is 106 cm³/mol. The molecule has 2 heterocycles. The highest BCUT2D eigenvalue weighted by molar-refractivity contribution is 14.0. The molecule has 0 aromatic rings. The monoisotopic (exact) mass is 458 g/mol. The van der Waals surface area contributed by atoms with Crippen LogP contribution < -0.4 is 10.6 Å². The van der Waals surface area contributed by atoms with Crippen molar-refractivity contribution in [1.82, 2.24) is 15.5 Å². The lowest BCUT2D eigenvalue weighted by Crippen LogP contribution is -2.44. The quantitative estimate of drug-likeness (QED) is 0.281. The van der Waals surface area contributed by atoms with Gasteiger partial charge in [0.15, 0.2) is 15.8 Å². The zero-order valence-corrected chi connectivity index (χ0v) is 17.2. The van der Waals surface area contributed by atoms with E-state index in [4.69, 9.17) is 0 Å². The van der Waals surface area contributed by atoms with E-state index in [-0.39, 0.29) is 41.5 Å². The second-order valence-electron chi connectivity index (χ2n) is 6.35. The van der Waals surface area contributed by atoms with Crippen molar-refractivity contribution >= 4 is 39.8 Å². The lowest BCUT2D eigenvalue weighted by molar-refractivity contribution is 0.282. The summed E-state index contributed by atoms with van der Waals surface area (Å²) in [6.45, 7) is 4.46. The Balaban J connectivity index is 0.00000264. The summed E-state index contributed by atoms with van der Waals surface area (Å²) in [5.41, 5.74) is 0. The van der Waals surface area contributed by atoms with Gasteiger partial charge in [-0.2, -0.15) is 0 Å². The number of hydrogen-bond donors (Lipinski definition) is 2. The fraction of sp³-hybridized carbons (Fsp3) is 0.933. The fourth-order valence-corrected chi connectivity index (χ4v) is 4.84. The van der Waals surface area contributed by atoms with E-state index in [1.54, 1.807) is 7.05 Å². The third-order valence-corrected chi connectivity index (χ3v) is 6.21. The number of halogens is 1. The van der Waals surface area contributed by atoms with E-state index in [1.165, 1.54) is 38.8 Å². The topological polar surface area (TPSA) is 73.8 Å². The molecule has 0 aromatic heterocycles. The maximum Gasteiger partial charge on any atom is 0.191 e. The number of aliphatic imine (C=N–C) groups is 1. The van der Waals surface area contributed by atoms with Gasteiger partial charge in [-0.25, -0.2) is 8.42 Å². The first-order valence-electron chi connectivity index (χ1n) is 8.49. The van der Waals surface area contributed by atoms with Gasteiger partial charge >= 0.3 is 0 Å². The molecule has 2 fully saturated rings. The third-order valence-electron chi connectivity index (χ3n) is 4.44. The lowest BCUT2D eigenvalue weighted by atomic mass is 10.2. The van der Waals surface area contributed by atoms with Crippen LogP contribution >= 0.6 is 24.0 Å². The first-order valence-corrected chi connectivity index (χ1v) is 10.3. The molecule has 2 saturated heterocycles. The van der Waals surface area contributed by atoms with Gasteiger partial charge in [0.25, 0.3) is 0 Å². The first kappa shape index (κ1) is 21.0. The van der Waals surface area contributed by atoms with Crippen LogP contribution in [0.4, 0.5) is 0 Å². The molecule has 0 bridgehead atoms. The summed E-state index contributed by atoms with van der Waals surface area (Å²) in [5, 5.41) is 6.51. The minimum absolute atomic E-state index is 0. The first-order chi connectivity index (χ1) is 10.6. The van der Waals surface area contributed by atoms with Gasteiger partial charge in [-0.1, -0.05) is 12.8 Å². The predicted octanol–water partition coefficient (Wildman–Crippen LogP) is 1.22. The second kappa shape index (κ2) is 10.7. The van der Waals surface area contributed by atoms with Crippen molar-refractivity contribution in [2.75, 3.05) is 44.7 Å². The number of nitrogens with one attached hydrogen (secondary N) is 2. The maximum absolute atomic E-state index is 11.5. The molecular formula is C15H31IN4O2S. The Morgan fingerprint density at radius 3 is 2.48 bits per heavy atom. The van der Waals surface area contributed by atoms with Crippen LogP contribution in [0.5, 0.6) is 0 Å². The van der Waals surface area contributed by atoms with Crippen LogP contribution in [0.3, 0.4) is 0 Å². The Kier molecular flexibility index (Phi) is 9.76. The van der Waals surface area contributed by atoms with E-state index < -0.39 is 9.84 Å². The minimum Gasteiger partial charge on any atom is -0.356 e. The van der Waals surface area contributed by atoms with E-state index in [1.807, 2.05) is 0 Å². The second-order valence-corrected chi connectivity index (χ2v) is 8.58. The van der Waals surface area contributed by atoms with Gasteiger partial charge in [0.1, 0.15) is 0 Å². The van der Waals surface area contributed by atoms with E-state index >= 15 is 0 Å². The van der Waals surface area contributed by atoms with Crippen molar-refractivity contribution in [3.8, 4) is 0 Å². The van der Waals surface area contributed by atoms with Crippen LogP contribution in [-0.2, 0) is 9.84 Å². The molecule has 1 unspecified atom stereocenters. The average Bonchev–Trinajstić information content (AvgIpc) is 2.68. The Morgan fingerprint density at radius 1 is 1.22 bits per heavy atom. The summed E-state index contributed by atoms with van der Waals surface area (Å²) in [7, 11) is -1.11. The Bertz CT molecular complexity index is 462. The van der Waals surface area contributed by atoms with Crippen LogP contribution in [-0.4, -0.2) is 70.1 Å². The molecule has 0 saturated carbocycles. The Morgan fingerprint density at radius 2 is 1.91 bits per heavy atom. The van der Waals surface area contributed by atoms with E-state index in [9.17, 15) is 8.42 Å². The van der Waals surface area contributed by atoms with Gasteiger partial charge in [0.05, 0.1) is 11.5 Å². The number of likely N-dealkylation sites (tertiary alicyclic amines) is 1. The lowest BCUT2D eigenvalue weighted by Gasteiger charge is -2.20. The summed E-state index contributed by atoms with van der Waals surface area (Å²) in [4.78, 5) is 6.73. The van der Waals surface area contributed by atoms with Crippen LogP contribution in [0.1, 0.15) is 38.5 Å². The SMILES string of the molecule is CN=C(NCCCN1CCCCCC1)NC1CCS(=O)(=O)C1.I. The molecule has 8 heteroatoms. The van der Waals surface area contributed by atoms with Crippen molar-refractivity contribution < 1.29 is 8.42 Å². The zero-order valence-electron chi connectivity index (χ0n) is 14.1. The van der Waals surface area contributed by atoms with E-state index in [0.29, 0.717) is 6.42 Å². The van der Waals surface area contributed by atoms with Gasteiger partial charge in [-0.15, -0.1) is 24.0 Å². The molecule has 0 amide bonds. The highest BCUT2D eigenvalue weighted by Gasteiger charge is 2.28. The molecule has 1 atom stereocenters. The minimum atomic E-state index is -2.84. The zero-order chi connectivity index (χ0) is 15.8. The summed E-state index contributed by atoms with van der Waals surface area (Å²) < 4.78 is 22.9. The van der Waals surface area contributed by atoms with Crippen LogP contribution in [0.2, 0.25) is 0 Å². The number of hydrogen-bond acceptors (Lipinski definition) is 4. The van der Waals surface area contributed by atoms with Gasteiger partial charge in [-0.05, 0) is 45.3 Å². The molecule has 6 nitrogen and oxygen atoms in total. The summed E-state index contributed by atoms with van der Waals surface area (Å²) in [5.74, 6) is 1.23. The maximum atomic E-state index is 11.5. The Labute approximate surface area is 157 Å². The van der Waals surface area contributed by atoms with E-state index in [2.05, 4.69) is 20.5 Å². The number of rotatable bonds is 5. The molecular weight excluding hydrogens is 427 g/mol. The van der Waals surface area contributed by atoms with Gasteiger partial charge in [0, 0.05) is 19.6 Å². The van der Waals surface area contributed by atoms with Crippen LogP contribution in [0.25, 0.3) is 0 Å². The summed E-state index contributed by atoms with van der Waals surface area (Å²) in [6.07, 6.45) is 7.16. The van der Waals surface area contributed by atoms with Crippen LogP contribution in [0, 0.1) is 0 Å². The molecule has 0 aliphatic carbocycles. The highest BCUT2D eigenvalue weighted by Crippen LogP contribution is 2.11. The van der Waals surface area contributed by atoms with Crippen molar-refractivity contribution in [2.24, 2.45) is 4.99 Å². The van der Waals surface area contributed by atoms with Crippen molar-refractivity contribution in [3.05, 3.63) is 0 Å². The fourth-order valence-electron chi connectivity index (χ4n) is 3.17. The van der Waals surface area contributed by atoms with Gasteiger partial charge in [0.2, 0.25) is 0 Å². The molecule has 2 rings (SSSR count). The smallest absolute Gasteiger partial charge is 0.191 e. The number of guanidine groups is 1. The summed E-state index contributed by atoms with van der Waals surface area (Å²) in [6, 6.07) is 0.00167.